The zero-order chi connectivity index (χ0) is 24.3. The molecule has 1 aliphatic heterocycles. The van der Waals surface area contributed by atoms with E-state index in [1.54, 1.807) is 13.8 Å². The molecule has 0 fully saturated rings. The van der Waals surface area contributed by atoms with Gasteiger partial charge in [0, 0.05) is 11.6 Å². The summed E-state index contributed by atoms with van der Waals surface area (Å²) in [5.74, 6) is -0.790. The fourth-order valence-electron chi connectivity index (χ4n) is 3.80. The lowest BCUT2D eigenvalue weighted by Crippen LogP contribution is -2.45. The second-order valence-electron chi connectivity index (χ2n) is 8.45. The van der Waals surface area contributed by atoms with E-state index in [-0.39, 0.29) is 10.7 Å². The molecule has 2 aromatic carbocycles. The number of hydrogen-bond donors (Lipinski definition) is 1. The van der Waals surface area contributed by atoms with Gasteiger partial charge in [0.1, 0.15) is 19.3 Å². The van der Waals surface area contributed by atoms with Crippen molar-refractivity contribution >= 4 is 21.8 Å². The van der Waals surface area contributed by atoms with Gasteiger partial charge in [0.05, 0.1) is 4.90 Å². The molecular weight excluding hydrogens is 446 g/mol. The number of sulfonamides is 1. The number of aryl methyl sites for hydroxylation is 3. The zero-order valence-corrected chi connectivity index (χ0v) is 20.2. The number of hydrogen-bond acceptors (Lipinski definition) is 7. The molecule has 0 saturated carbocycles. The number of esters is 1. The van der Waals surface area contributed by atoms with Gasteiger partial charge in [0.2, 0.25) is 15.8 Å². The molecule has 3 rings (SSSR count). The molecule has 1 N–H and O–H groups in total. The molecular formula is C24H29NO7S. The van der Waals surface area contributed by atoms with Gasteiger partial charge in [-0.25, -0.2) is 8.42 Å². The molecule has 8 nitrogen and oxygen atoms in total. The van der Waals surface area contributed by atoms with Crippen molar-refractivity contribution in [3.63, 3.8) is 0 Å². The van der Waals surface area contributed by atoms with Crippen molar-refractivity contribution in [1.82, 2.24) is 4.72 Å². The summed E-state index contributed by atoms with van der Waals surface area (Å²) in [6.07, 6.45) is 0. The van der Waals surface area contributed by atoms with Crippen molar-refractivity contribution in [2.45, 2.75) is 45.6 Å². The van der Waals surface area contributed by atoms with Gasteiger partial charge in [0.15, 0.2) is 18.1 Å². The Hall–Kier alpha value is -2.91. The molecule has 1 aliphatic rings. The minimum Gasteiger partial charge on any atom is -0.486 e. The number of ether oxygens (including phenoxy) is 3. The fourth-order valence-corrected chi connectivity index (χ4v) is 5.15. The van der Waals surface area contributed by atoms with E-state index < -0.39 is 34.6 Å². The molecule has 0 aromatic heterocycles. The summed E-state index contributed by atoms with van der Waals surface area (Å²) in [6, 6.07) is 6.85. The van der Waals surface area contributed by atoms with Gasteiger partial charge in [-0.05, 0) is 49.9 Å². The topological polar surface area (TPSA) is 108 Å². The van der Waals surface area contributed by atoms with E-state index in [1.165, 1.54) is 18.2 Å². The molecule has 0 unspecified atom stereocenters. The third kappa shape index (κ3) is 5.72. The van der Waals surface area contributed by atoms with Crippen LogP contribution in [0.1, 0.15) is 40.9 Å². The minimum absolute atomic E-state index is 0.0628. The number of nitrogens with one attached hydrogen (secondary N) is 1. The summed E-state index contributed by atoms with van der Waals surface area (Å²) in [6.45, 7) is 9.20. The first-order valence-corrected chi connectivity index (χ1v) is 12.2. The van der Waals surface area contributed by atoms with Crippen LogP contribution in [0.25, 0.3) is 0 Å². The number of Topliss-reactive ketones (excluding diaryl/α,β-unsaturated/α-hetero) is 1. The highest BCUT2D eigenvalue weighted by atomic mass is 32.2. The quantitative estimate of drug-likeness (QED) is 0.462. The van der Waals surface area contributed by atoms with E-state index in [1.807, 2.05) is 32.9 Å². The molecule has 0 radical (unpaired) electrons. The van der Waals surface area contributed by atoms with Crippen LogP contribution in [0, 0.1) is 26.7 Å². The molecule has 33 heavy (non-hydrogen) atoms. The van der Waals surface area contributed by atoms with Crippen molar-refractivity contribution in [3.8, 4) is 11.5 Å². The highest BCUT2D eigenvalue weighted by molar-refractivity contribution is 7.89. The van der Waals surface area contributed by atoms with Crippen molar-refractivity contribution in [2.24, 2.45) is 5.92 Å². The molecule has 178 valence electrons. The summed E-state index contributed by atoms with van der Waals surface area (Å²) < 4.78 is 44.4. The van der Waals surface area contributed by atoms with Crippen LogP contribution in [0.15, 0.2) is 35.2 Å². The van der Waals surface area contributed by atoms with Crippen molar-refractivity contribution in [2.75, 3.05) is 19.8 Å². The van der Waals surface area contributed by atoms with E-state index in [2.05, 4.69) is 4.72 Å². The average molecular weight is 476 g/mol. The molecule has 0 aliphatic carbocycles. The van der Waals surface area contributed by atoms with Crippen LogP contribution in [0.2, 0.25) is 0 Å². The number of fused-ring (bicyclic) bond motifs is 1. The molecule has 0 bridgehead atoms. The number of carbonyl (C=O) groups excluding carboxylic acids is 2. The van der Waals surface area contributed by atoms with Crippen LogP contribution in [0.4, 0.5) is 0 Å². The summed E-state index contributed by atoms with van der Waals surface area (Å²) in [5.41, 5.74) is 3.14. The lowest BCUT2D eigenvalue weighted by molar-refractivity contribution is -0.145. The van der Waals surface area contributed by atoms with Gasteiger partial charge in [0.25, 0.3) is 0 Å². The second kappa shape index (κ2) is 9.93. The standard InChI is InChI=1S/C24H29NO7S/c1-14(2)23(24(27)32-13-19(26)22-16(4)10-15(3)11-17(22)5)25-33(28,29)18-6-7-20-21(12-18)31-9-8-30-20/h6-7,10-12,14,23,25H,8-9,13H2,1-5H3/t23-/m1/s1. The van der Waals surface area contributed by atoms with Gasteiger partial charge < -0.3 is 14.2 Å². The monoisotopic (exact) mass is 475 g/mol. The molecule has 0 spiro atoms. The van der Waals surface area contributed by atoms with Crippen LogP contribution in [-0.4, -0.2) is 46.0 Å². The maximum atomic E-state index is 12.9. The Labute approximate surface area is 194 Å². The first-order chi connectivity index (χ1) is 15.5. The SMILES string of the molecule is Cc1cc(C)c(C(=O)COC(=O)[C@H](NS(=O)(=O)c2ccc3c(c2)OCCO3)C(C)C)c(C)c1. The third-order valence-electron chi connectivity index (χ3n) is 5.33. The maximum absolute atomic E-state index is 12.9. The Morgan fingerprint density at radius 3 is 2.21 bits per heavy atom. The molecule has 0 amide bonds. The third-order valence-corrected chi connectivity index (χ3v) is 6.77. The molecule has 1 heterocycles. The Kier molecular flexibility index (Phi) is 7.44. The Balaban J connectivity index is 1.72. The molecule has 0 saturated heterocycles. The van der Waals surface area contributed by atoms with E-state index >= 15 is 0 Å². The highest BCUT2D eigenvalue weighted by Gasteiger charge is 2.31. The molecule has 1 atom stereocenters. The number of ketones is 1. The van der Waals surface area contributed by atoms with Crippen LogP contribution in [0.3, 0.4) is 0 Å². The smallest absolute Gasteiger partial charge is 0.324 e. The van der Waals surface area contributed by atoms with Crippen LogP contribution < -0.4 is 14.2 Å². The summed E-state index contributed by atoms with van der Waals surface area (Å²) >= 11 is 0. The van der Waals surface area contributed by atoms with E-state index in [9.17, 15) is 18.0 Å². The van der Waals surface area contributed by atoms with Crippen molar-refractivity contribution in [1.29, 1.82) is 0 Å². The lowest BCUT2D eigenvalue weighted by Gasteiger charge is -2.22. The minimum atomic E-state index is -4.06. The van der Waals surface area contributed by atoms with Crippen molar-refractivity contribution < 1.29 is 32.2 Å². The number of rotatable bonds is 8. The van der Waals surface area contributed by atoms with Gasteiger partial charge >= 0.3 is 5.97 Å². The first-order valence-electron chi connectivity index (χ1n) is 10.7. The van der Waals surface area contributed by atoms with E-state index in [0.717, 1.165) is 16.7 Å². The summed E-state index contributed by atoms with van der Waals surface area (Å²) in [7, 11) is -4.06. The van der Waals surface area contributed by atoms with Gasteiger partial charge in [-0.15, -0.1) is 0 Å². The van der Waals surface area contributed by atoms with E-state index in [0.29, 0.717) is 30.3 Å². The maximum Gasteiger partial charge on any atom is 0.324 e. The first kappa shape index (κ1) is 24.7. The Morgan fingerprint density at radius 1 is 1.00 bits per heavy atom. The van der Waals surface area contributed by atoms with Crippen LogP contribution >= 0.6 is 0 Å². The van der Waals surface area contributed by atoms with Crippen LogP contribution in [0.5, 0.6) is 11.5 Å². The molecule has 2 aromatic rings. The normalized spacial score (nSPS) is 14.1. The second-order valence-corrected chi connectivity index (χ2v) is 10.2. The van der Waals surface area contributed by atoms with Crippen LogP contribution in [-0.2, 0) is 19.6 Å². The van der Waals surface area contributed by atoms with Gasteiger partial charge in [-0.2, -0.15) is 4.72 Å². The number of benzene rings is 2. The Morgan fingerprint density at radius 2 is 1.61 bits per heavy atom. The highest BCUT2D eigenvalue weighted by Crippen LogP contribution is 2.32. The summed E-state index contributed by atoms with van der Waals surface area (Å²) in [5, 5.41) is 0. The molecule has 9 heteroatoms. The fraction of sp³-hybridized carbons (Fsp3) is 0.417. The Bertz CT molecular complexity index is 1150. The van der Waals surface area contributed by atoms with Gasteiger partial charge in [-0.1, -0.05) is 31.5 Å². The summed E-state index contributed by atoms with van der Waals surface area (Å²) in [4.78, 5) is 25.4. The van der Waals surface area contributed by atoms with Gasteiger partial charge in [-0.3, -0.25) is 9.59 Å². The average Bonchev–Trinajstić information content (AvgIpc) is 2.74. The zero-order valence-electron chi connectivity index (χ0n) is 19.4. The van der Waals surface area contributed by atoms with Crippen molar-refractivity contribution in [3.05, 3.63) is 52.6 Å². The number of carbonyl (C=O) groups is 2. The predicted octanol–water partition coefficient (Wildman–Crippen LogP) is 3.11. The lowest BCUT2D eigenvalue weighted by atomic mass is 9.97. The van der Waals surface area contributed by atoms with E-state index in [4.69, 9.17) is 14.2 Å². The largest absolute Gasteiger partial charge is 0.486 e. The predicted molar refractivity (Wildman–Crippen MR) is 122 cm³/mol.